The summed E-state index contributed by atoms with van der Waals surface area (Å²) in [5, 5.41) is 4.06. The molecule has 0 aliphatic carbocycles. The average molecular weight is 1280 g/mol. The minimum absolute atomic E-state index is 0.0272. The number of azide groups is 1. The molecule has 0 radical (unpaired) electrons. The number of benzene rings is 2. The Morgan fingerprint density at radius 2 is 0.809 bits per heavy atom. The third-order valence-electron chi connectivity index (χ3n) is 13.3. The van der Waals surface area contributed by atoms with E-state index in [1.54, 1.807) is 60.7 Å². The number of carbonyl (C=O) groups is 10. The zero-order valence-corrected chi connectivity index (χ0v) is 51.1. The van der Waals surface area contributed by atoms with Gasteiger partial charge in [0, 0.05) is 79.0 Å². The first kappa shape index (κ1) is 70.6. The highest BCUT2D eigenvalue weighted by atomic mass is 32.2. The van der Waals surface area contributed by atoms with E-state index < -0.39 is 195 Å². The van der Waals surface area contributed by atoms with Crippen molar-refractivity contribution in [3.8, 4) is 0 Å². The van der Waals surface area contributed by atoms with Crippen molar-refractivity contribution in [2.24, 2.45) is 5.11 Å². The smallest absolute Gasteiger partial charge is 0.303 e. The largest absolute Gasteiger partial charge is 0.463 e. The maximum Gasteiger partial charge on any atom is 0.303 e. The molecule has 0 unspecified atom stereocenters. The third-order valence-corrected chi connectivity index (χ3v) is 14.5. The molecule has 89 heavy (non-hydrogen) atoms. The lowest BCUT2D eigenvalue weighted by atomic mass is 9.94. The molecule has 32 heteroatoms. The van der Waals surface area contributed by atoms with Crippen molar-refractivity contribution >= 4 is 71.5 Å². The minimum Gasteiger partial charge on any atom is -0.463 e. The number of carbonyl (C=O) groups excluding carboxylic acids is 10. The zero-order chi connectivity index (χ0) is 65.2. The van der Waals surface area contributed by atoms with E-state index in [1.165, 1.54) is 6.92 Å². The Morgan fingerprint density at radius 1 is 0.427 bits per heavy atom. The van der Waals surface area contributed by atoms with Crippen molar-refractivity contribution in [1.29, 1.82) is 0 Å². The van der Waals surface area contributed by atoms with Crippen molar-refractivity contribution < 1.29 is 133 Å². The van der Waals surface area contributed by atoms with Gasteiger partial charge in [0.25, 0.3) is 0 Å². The second kappa shape index (κ2) is 33.3. The number of hydrogen-bond acceptors (Lipinski definition) is 30. The normalized spacial score (nSPS) is 31.5. The maximum atomic E-state index is 13.5. The predicted molar refractivity (Wildman–Crippen MR) is 294 cm³/mol. The Bertz CT molecular complexity index is 2850. The van der Waals surface area contributed by atoms with Crippen molar-refractivity contribution in [1.82, 2.24) is 0 Å². The van der Waals surface area contributed by atoms with Gasteiger partial charge in [-0.05, 0) is 30.2 Å². The highest BCUT2D eigenvalue weighted by Crippen LogP contribution is 2.42. The van der Waals surface area contributed by atoms with Crippen LogP contribution < -0.4 is 0 Å². The fourth-order valence-corrected chi connectivity index (χ4v) is 11.2. The summed E-state index contributed by atoms with van der Waals surface area (Å²) in [7, 11) is 0. The Labute approximate surface area is 514 Å². The van der Waals surface area contributed by atoms with E-state index in [0.29, 0.717) is 10.5 Å². The molecule has 31 nitrogen and oxygen atoms in total. The van der Waals surface area contributed by atoms with Gasteiger partial charge in [-0.25, -0.2) is 0 Å². The first-order valence-electron chi connectivity index (χ1n) is 27.8. The second-order valence-corrected chi connectivity index (χ2v) is 21.6. The first-order chi connectivity index (χ1) is 42.2. The van der Waals surface area contributed by atoms with Crippen LogP contribution in [0.3, 0.4) is 0 Å². The van der Waals surface area contributed by atoms with Crippen LogP contribution in [0.15, 0.2) is 70.7 Å². The number of esters is 10. The molecule has 4 fully saturated rings. The molecule has 4 aliphatic rings. The van der Waals surface area contributed by atoms with Crippen LogP contribution in [0.1, 0.15) is 81.7 Å². The van der Waals surface area contributed by atoms with Gasteiger partial charge < -0.3 is 85.3 Å². The Kier molecular flexibility index (Phi) is 26.4. The fourth-order valence-electron chi connectivity index (χ4n) is 10.1. The van der Waals surface area contributed by atoms with E-state index in [9.17, 15) is 53.5 Å². The first-order valence-corrected chi connectivity index (χ1v) is 28.7. The van der Waals surface area contributed by atoms with E-state index in [2.05, 4.69) is 10.0 Å². The molecular formula is C57H71N3O28S. The molecular weight excluding hydrogens is 1210 g/mol. The van der Waals surface area contributed by atoms with Crippen LogP contribution in [0.2, 0.25) is 0 Å². The van der Waals surface area contributed by atoms with E-state index in [4.69, 9.17) is 85.3 Å². The van der Waals surface area contributed by atoms with E-state index >= 15 is 0 Å². The quantitative estimate of drug-likeness (QED) is 0.0452. The van der Waals surface area contributed by atoms with Crippen LogP contribution in [-0.2, 0) is 140 Å². The summed E-state index contributed by atoms with van der Waals surface area (Å²) in [5.41, 5.74) is 9.74. The van der Waals surface area contributed by atoms with E-state index in [1.807, 2.05) is 0 Å². The summed E-state index contributed by atoms with van der Waals surface area (Å²) in [6, 6.07) is 16.2. The third kappa shape index (κ3) is 20.5. The molecule has 6 rings (SSSR count). The monoisotopic (exact) mass is 1280 g/mol. The SMILES string of the molecule is CC(=O)OC[C@H]1O[C@@H](O[C@H]2[C@@H](OC(C)=O)[C@@H](COC(C)=O)O[C@H](O[C@H]3[C@H](OC(C)=O)[C@@H](N=[N+]=[N-])[C@H](Sc4ccccc4)O[C@@H]3COCc3ccccc3)[C@@H]2O[C@H]2O[C@@H](C)[C@@H](OC(C)=O)[C@@H](OC(C)=O)[C@@H]2OC(C)=O)[C@H](OC(C)=O)[C@@H](OC(C)=O)[C@H]1OC(C)=O. The molecule has 20 atom stereocenters. The lowest BCUT2D eigenvalue weighted by Crippen LogP contribution is -2.70. The molecule has 4 saturated heterocycles. The molecule has 0 amide bonds. The summed E-state index contributed by atoms with van der Waals surface area (Å²) in [6.45, 7) is 9.44. The number of ether oxygens (including phenoxy) is 18. The van der Waals surface area contributed by atoms with Gasteiger partial charge in [0.2, 0.25) is 0 Å². The molecule has 0 spiro atoms. The lowest BCUT2D eigenvalue weighted by Gasteiger charge is -2.52. The van der Waals surface area contributed by atoms with Crippen LogP contribution >= 0.6 is 11.8 Å². The number of nitrogens with zero attached hydrogens (tertiary/aromatic N) is 3. The summed E-state index contributed by atoms with van der Waals surface area (Å²) < 4.78 is 110. The van der Waals surface area contributed by atoms with Crippen LogP contribution in [0, 0.1) is 0 Å². The van der Waals surface area contributed by atoms with Crippen molar-refractivity contribution in [3.05, 3.63) is 76.7 Å². The summed E-state index contributed by atoms with van der Waals surface area (Å²) in [4.78, 5) is 134. The van der Waals surface area contributed by atoms with Gasteiger partial charge in [0.1, 0.15) is 67.4 Å². The van der Waals surface area contributed by atoms with E-state index in [-0.39, 0.29) is 13.2 Å². The van der Waals surface area contributed by atoms with Gasteiger partial charge in [0.05, 0.1) is 19.3 Å². The van der Waals surface area contributed by atoms with Crippen LogP contribution in [0.5, 0.6) is 0 Å². The van der Waals surface area contributed by atoms with Crippen molar-refractivity contribution in [2.45, 2.75) is 210 Å². The van der Waals surface area contributed by atoms with Crippen molar-refractivity contribution in [3.63, 3.8) is 0 Å². The lowest BCUT2D eigenvalue weighted by molar-refractivity contribution is -0.399. The Morgan fingerprint density at radius 3 is 1.29 bits per heavy atom. The summed E-state index contributed by atoms with van der Waals surface area (Å²) >= 11 is 1.09. The molecule has 488 valence electrons. The maximum absolute atomic E-state index is 13.5. The molecule has 2 aromatic rings. The highest BCUT2D eigenvalue weighted by Gasteiger charge is 2.61. The van der Waals surface area contributed by atoms with Gasteiger partial charge in [-0.3, -0.25) is 47.9 Å². The molecule has 0 N–H and O–H groups in total. The van der Waals surface area contributed by atoms with Gasteiger partial charge in [-0.1, -0.05) is 65.4 Å². The molecule has 4 aliphatic heterocycles. The van der Waals surface area contributed by atoms with E-state index in [0.717, 1.165) is 81.0 Å². The molecule has 4 heterocycles. The average Bonchev–Trinajstić information content (AvgIpc) is 1.10. The van der Waals surface area contributed by atoms with Gasteiger partial charge in [-0.2, -0.15) is 0 Å². The topological polar surface area (TPSA) is 386 Å². The van der Waals surface area contributed by atoms with Gasteiger partial charge in [0.15, 0.2) is 61.6 Å². The fraction of sp³-hybridized carbons (Fsp3) is 0.614. The Balaban J connectivity index is 1.64. The highest BCUT2D eigenvalue weighted by molar-refractivity contribution is 7.99. The zero-order valence-electron chi connectivity index (χ0n) is 50.3. The Hall–Kier alpha value is -7.52. The molecule has 0 bridgehead atoms. The van der Waals surface area contributed by atoms with Crippen molar-refractivity contribution in [2.75, 3.05) is 19.8 Å². The predicted octanol–water partition coefficient (Wildman–Crippen LogP) is 3.33. The van der Waals surface area contributed by atoms with Crippen LogP contribution in [-0.4, -0.2) is 201 Å². The number of thioether (sulfide) groups is 1. The van der Waals surface area contributed by atoms with Crippen LogP contribution in [0.4, 0.5) is 0 Å². The molecule has 0 saturated carbocycles. The minimum atomic E-state index is -2.17. The summed E-state index contributed by atoms with van der Waals surface area (Å²) in [5.74, 6) is -9.74. The second-order valence-electron chi connectivity index (χ2n) is 20.5. The van der Waals surface area contributed by atoms with Crippen LogP contribution in [0.25, 0.3) is 10.4 Å². The van der Waals surface area contributed by atoms with Gasteiger partial charge in [-0.15, -0.1) is 0 Å². The molecule has 2 aromatic carbocycles. The molecule has 0 aromatic heterocycles. The summed E-state index contributed by atoms with van der Waals surface area (Å²) in [6.07, 6.45) is -32.9. The standard InChI is InChI=1S/C57H71N3O28S/c1-26-43(75-29(4)63)48(79-33(8)67)51(81-35(10)69)54(74-26)88-53-50(87-55-52(82-36(11)70)49(80-34(9)68)45(76-30(5)64)40(83-55)24-72-27(2)61)46(77-31(6)65)41(25-73-28(3)62)84-56(53)86-44-39(23-71-22-37-18-14-12-15-19-37)85-57(89-38-20-16-13-17-21-38)42(59-60-58)47(44)78-32(7)66/h12-21,26,39-57H,22-25H2,1-11H3/t26-,39+,40+,41+,42+,43+,44+,45-,46-,47+,48+,49-,50-,51-,52+,53+,54+,55-,56+,57-/m0/s1. The van der Waals surface area contributed by atoms with Gasteiger partial charge >= 0.3 is 59.7 Å². The number of rotatable bonds is 25. The number of hydrogen-bond donors (Lipinski definition) is 0.